The van der Waals surface area contributed by atoms with Gasteiger partial charge >= 0.3 is 6.03 Å². The standard InChI is InChI=1S/C23H22N2O5/c1-23(17-7-8-19-20(12-17)30-10-9-29-19)21(27)25(22(28)24-23)13-18(26)16-6-5-14-3-2-4-15(14)11-16/h5-8,11-12H,2-4,9-10,13H2,1H3,(H,24,28)/t23-/m0/s1. The molecular formula is C23H22N2O5. The van der Waals surface area contributed by atoms with E-state index in [2.05, 4.69) is 5.32 Å². The van der Waals surface area contributed by atoms with Gasteiger partial charge in [-0.1, -0.05) is 18.2 Å². The quantitative estimate of drug-likeness (QED) is 0.623. The lowest BCUT2D eigenvalue weighted by molar-refractivity contribution is -0.130. The highest BCUT2D eigenvalue weighted by molar-refractivity contribution is 6.11. The van der Waals surface area contributed by atoms with E-state index < -0.39 is 17.5 Å². The highest BCUT2D eigenvalue weighted by Gasteiger charge is 2.49. The molecule has 1 fully saturated rings. The smallest absolute Gasteiger partial charge is 0.325 e. The zero-order chi connectivity index (χ0) is 20.9. The second-order valence-electron chi connectivity index (χ2n) is 8.07. The van der Waals surface area contributed by atoms with Crippen LogP contribution in [-0.2, 0) is 23.2 Å². The van der Waals surface area contributed by atoms with E-state index in [1.54, 1.807) is 31.2 Å². The number of ether oxygens (including phenoxy) is 2. The third kappa shape index (κ3) is 2.93. The number of nitrogens with zero attached hydrogens (tertiary/aromatic N) is 1. The maximum atomic E-state index is 13.2. The minimum Gasteiger partial charge on any atom is -0.486 e. The van der Waals surface area contributed by atoms with Crippen molar-refractivity contribution in [3.63, 3.8) is 0 Å². The molecule has 2 aliphatic heterocycles. The van der Waals surface area contributed by atoms with Crippen LogP contribution in [0, 0.1) is 0 Å². The number of carbonyl (C=O) groups is 3. The summed E-state index contributed by atoms with van der Waals surface area (Å²) in [5.41, 5.74) is 2.29. The van der Waals surface area contributed by atoms with E-state index in [0.29, 0.717) is 35.8 Å². The van der Waals surface area contributed by atoms with Gasteiger partial charge in [0.2, 0.25) is 0 Å². The Kier molecular flexibility index (Phi) is 4.27. The third-order valence-electron chi connectivity index (χ3n) is 6.12. The Labute approximate surface area is 174 Å². The average molecular weight is 406 g/mol. The lowest BCUT2D eigenvalue weighted by atomic mass is 9.91. The number of aryl methyl sites for hydroxylation is 2. The summed E-state index contributed by atoms with van der Waals surface area (Å²) in [5, 5.41) is 2.74. The van der Waals surface area contributed by atoms with Gasteiger partial charge in [0, 0.05) is 5.56 Å². The Morgan fingerprint density at radius 1 is 1.03 bits per heavy atom. The first-order valence-corrected chi connectivity index (χ1v) is 10.1. The molecule has 0 saturated carbocycles. The second kappa shape index (κ2) is 6.86. The van der Waals surface area contributed by atoms with Crippen molar-refractivity contribution in [2.45, 2.75) is 31.7 Å². The van der Waals surface area contributed by atoms with Crippen LogP contribution in [0.3, 0.4) is 0 Å². The molecule has 1 aliphatic carbocycles. The number of rotatable bonds is 4. The van der Waals surface area contributed by atoms with Gasteiger partial charge < -0.3 is 14.8 Å². The number of urea groups is 1. The zero-order valence-electron chi connectivity index (χ0n) is 16.7. The summed E-state index contributed by atoms with van der Waals surface area (Å²) in [7, 11) is 0. The maximum Gasteiger partial charge on any atom is 0.325 e. The Morgan fingerprint density at radius 2 is 1.80 bits per heavy atom. The molecule has 0 unspecified atom stereocenters. The summed E-state index contributed by atoms with van der Waals surface area (Å²) >= 11 is 0. The molecule has 5 rings (SSSR count). The molecule has 0 aromatic heterocycles. The zero-order valence-corrected chi connectivity index (χ0v) is 16.7. The molecule has 2 aromatic rings. The molecule has 2 aromatic carbocycles. The van der Waals surface area contributed by atoms with Crippen LogP contribution < -0.4 is 14.8 Å². The molecule has 0 radical (unpaired) electrons. The van der Waals surface area contributed by atoms with E-state index in [0.717, 1.165) is 24.2 Å². The highest BCUT2D eigenvalue weighted by Crippen LogP contribution is 2.37. The molecule has 154 valence electrons. The predicted molar refractivity (Wildman–Crippen MR) is 108 cm³/mol. The van der Waals surface area contributed by atoms with Gasteiger partial charge in [-0.3, -0.25) is 14.5 Å². The number of hydrogen-bond donors (Lipinski definition) is 1. The van der Waals surface area contributed by atoms with Crippen LogP contribution in [0.1, 0.15) is 40.4 Å². The summed E-state index contributed by atoms with van der Waals surface area (Å²) in [6.07, 6.45) is 3.08. The predicted octanol–water partition coefficient (Wildman–Crippen LogP) is 2.60. The van der Waals surface area contributed by atoms with Crippen molar-refractivity contribution in [3.8, 4) is 11.5 Å². The van der Waals surface area contributed by atoms with Gasteiger partial charge in [-0.15, -0.1) is 0 Å². The van der Waals surface area contributed by atoms with Gasteiger partial charge in [-0.25, -0.2) is 4.79 Å². The van der Waals surface area contributed by atoms with Crippen molar-refractivity contribution in [2.75, 3.05) is 19.8 Å². The molecular weight excluding hydrogens is 384 g/mol. The molecule has 0 spiro atoms. The van der Waals surface area contributed by atoms with E-state index in [9.17, 15) is 14.4 Å². The molecule has 1 saturated heterocycles. The number of nitrogens with one attached hydrogen (secondary N) is 1. The van der Waals surface area contributed by atoms with Crippen molar-refractivity contribution in [1.82, 2.24) is 10.2 Å². The van der Waals surface area contributed by atoms with Crippen molar-refractivity contribution >= 4 is 17.7 Å². The summed E-state index contributed by atoms with van der Waals surface area (Å²) in [4.78, 5) is 39.6. The van der Waals surface area contributed by atoms with Crippen LogP contribution in [0.5, 0.6) is 11.5 Å². The first-order chi connectivity index (χ1) is 14.5. The number of ketones is 1. The van der Waals surface area contributed by atoms with E-state index in [4.69, 9.17) is 9.47 Å². The minimum absolute atomic E-state index is 0.250. The Hall–Kier alpha value is -3.35. The fourth-order valence-corrected chi connectivity index (χ4v) is 4.37. The molecule has 1 atom stereocenters. The van der Waals surface area contributed by atoms with Crippen molar-refractivity contribution in [3.05, 3.63) is 58.7 Å². The topological polar surface area (TPSA) is 84.9 Å². The number of fused-ring (bicyclic) bond motifs is 2. The van der Waals surface area contributed by atoms with Crippen LogP contribution in [0.15, 0.2) is 36.4 Å². The monoisotopic (exact) mass is 406 g/mol. The van der Waals surface area contributed by atoms with Crippen LogP contribution in [-0.4, -0.2) is 42.4 Å². The molecule has 0 bridgehead atoms. The normalized spacial score (nSPS) is 22.1. The van der Waals surface area contributed by atoms with E-state index in [-0.39, 0.29) is 12.3 Å². The number of carbonyl (C=O) groups excluding carboxylic acids is 3. The number of Topliss-reactive ketones (excluding diaryl/α,β-unsaturated/α-hetero) is 1. The number of imide groups is 1. The molecule has 7 heteroatoms. The average Bonchev–Trinajstić information content (AvgIpc) is 3.31. The SMILES string of the molecule is C[C@@]1(c2ccc3c(c2)OCCO3)NC(=O)N(CC(=O)c2ccc3c(c2)CCC3)C1=O. The van der Waals surface area contributed by atoms with Crippen LogP contribution in [0.25, 0.3) is 0 Å². The van der Waals surface area contributed by atoms with Gasteiger partial charge in [0.05, 0.1) is 6.54 Å². The summed E-state index contributed by atoms with van der Waals surface area (Å²) in [6.45, 7) is 2.24. The third-order valence-corrected chi connectivity index (χ3v) is 6.12. The lowest BCUT2D eigenvalue weighted by Gasteiger charge is -2.25. The lowest BCUT2D eigenvalue weighted by Crippen LogP contribution is -2.41. The molecule has 3 aliphatic rings. The number of benzene rings is 2. The van der Waals surface area contributed by atoms with E-state index >= 15 is 0 Å². The Balaban J connectivity index is 1.38. The minimum atomic E-state index is -1.27. The van der Waals surface area contributed by atoms with Gasteiger partial charge in [0.1, 0.15) is 18.8 Å². The van der Waals surface area contributed by atoms with Gasteiger partial charge in [0.15, 0.2) is 17.3 Å². The first kappa shape index (κ1) is 18.7. The van der Waals surface area contributed by atoms with Crippen LogP contribution >= 0.6 is 0 Å². The molecule has 30 heavy (non-hydrogen) atoms. The largest absolute Gasteiger partial charge is 0.486 e. The summed E-state index contributed by atoms with van der Waals surface area (Å²) in [6, 6.07) is 10.2. The summed E-state index contributed by atoms with van der Waals surface area (Å²) in [5.74, 6) is 0.432. The highest BCUT2D eigenvalue weighted by atomic mass is 16.6. The maximum absolute atomic E-state index is 13.2. The van der Waals surface area contributed by atoms with Crippen molar-refractivity contribution in [1.29, 1.82) is 0 Å². The van der Waals surface area contributed by atoms with Gasteiger partial charge in [-0.2, -0.15) is 0 Å². The first-order valence-electron chi connectivity index (χ1n) is 10.1. The number of amides is 3. The fraction of sp³-hybridized carbons (Fsp3) is 0.348. The van der Waals surface area contributed by atoms with Crippen molar-refractivity contribution in [2.24, 2.45) is 0 Å². The van der Waals surface area contributed by atoms with Gasteiger partial charge in [0.25, 0.3) is 5.91 Å². The Morgan fingerprint density at radius 3 is 2.63 bits per heavy atom. The van der Waals surface area contributed by atoms with E-state index in [1.807, 2.05) is 12.1 Å². The van der Waals surface area contributed by atoms with Crippen LogP contribution in [0.4, 0.5) is 4.79 Å². The molecule has 1 N–H and O–H groups in total. The van der Waals surface area contributed by atoms with Crippen LogP contribution in [0.2, 0.25) is 0 Å². The number of hydrogen-bond acceptors (Lipinski definition) is 5. The Bertz CT molecular complexity index is 1080. The van der Waals surface area contributed by atoms with E-state index in [1.165, 1.54) is 11.1 Å². The fourth-order valence-electron chi connectivity index (χ4n) is 4.37. The molecule has 3 amide bonds. The van der Waals surface area contributed by atoms with Gasteiger partial charge in [-0.05, 0) is 61.1 Å². The molecule has 2 heterocycles. The second-order valence-corrected chi connectivity index (χ2v) is 8.07. The summed E-state index contributed by atoms with van der Waals surface area (Å²) < 4.78 is 11.1. The molecule has 7 nitrogen and oxygen atoms in total. The van der Waals surface area contributed by atoms with Crippen molar-refractivity contribution < 1.29 is 23.9 Å².